The summed E-state index contributed by atoms with van der Waals surface area (Å²) in [4.78, 5) is 0.351. The van der Waals surface area contributed by atoms with Gasteiger partial charge < -0.3 is 11.1 Å². The van der Waals surface area contributed by atoms with Crippen LogP contribution in [0.4, 0.5) is 5.69 Å². The molecule has 1 aliphatic carbocycles. The number of thiocarbonyl (C=S) groups is 1. The fourth-order valence-electron chi connectivity index (χ4n) is 2.45. The molecule has 0 spiro atoms. The normalized spacial score (nSPS) is 23.6. The Morgan fingerprint density at radius 3 is 2.82 bits per heavy atom. The zero-order valence-electron chi connectivity index (χ0n) is 9.87. The lowest BCUT2D eigenvalue weighted by Gasteiger charge is -2.21. The van der Waals surface area contributed by atoms with Crippen molar-refractivity contribution in [2.24, 2.45) is 11.7 Å². The van der Waals surface area contributed by atoms with E-state index in [9.17, 15) is 0 Å². The van der Waals surface area contributed by atoms with Crippen LogP contribution in [-0.4, -0.2) is 11.0 Å². The fourth-order valence-corrected chi connectivity index (χ4v) is 3.01. The second-order valence-electron chi connectivity index (χ2n) is 4.69. The molecule has 1 fully saturated rings. The third-order valence-electron chi connectivity index (χ3n) is 3.46. The van der Waals surface area contributed by atoms with Gasteiger partial charge in [0.25, 0.3) is 0 Å². The molecule has 1 saturated carbocycles. The van der Waals surface area contributed by atoms with Crippen molar-refractivity contribution in [3.05, 3.63) is 28.8 Å². The SMILES string of the molecule is CC1CCCC1Nc1cccc(Cl)c1C(N)=S. The highest BCUT2D eigenvalue weighted by Crippen LogP contribution is 2.31. The molecule has 4 heteroatoms. The van der Waals surface area contributed by atoms with Gasteiger partial charge in [0.05, 0.1) is 10.6 Å². The maximum atomic E-state index is 6.14. The van der Waals surface area contributed by atoms with E-state index in [2.05, 4.69) is 12.2 Å². The van der Waals surface area contributed by atoms with Gasteiger partial charge in [-0.05, 0) is 30.9 Å². The van der Waals surface area contributed by atoms with Gasteiger partial charge in [0.2, 0.25) is 0 Å². The number of hydrogen-bond acceptors (Lipinski definition) is 2. The monoisotopic (exact) mass is 268 g/mol. The molecule has 3 N–H and O–H groups in total. The summed E-state index contributed by atoms with van der Waals surface area (Å²) in [5.74, 6) is 0.688. The molecule has 2 rings (SSSR count). The van der Waals surface area contributed by atoms with Crippen LogP contribution in [0.5, 0.6) is 0 Å². The molecule has 2 nitrogen and oxygen atoms in total. The summed E-state index contributed by atoms with van der Waals surface area (Å²) >= 11 is 11.2. The van der Waals surface area contributed by atoms with Crippen molar-refractivity contribution in [3.63, 3.8) is 0 Å². The maximum Gasteiger partial charge on any atom is 0.107 e. The van der Waals surface area contributed by atoms with E-state index in [0.29, 0.717) is 22.0 Å². The third-order valence-corrected chi connectivity index (χ3v) is 3.98. The van der Waals surface area contributed by atoms with E-state index in [0.717, 1.165) is 11.3 Å². The number of halogens is 1. The number of anilines is 1. The van der Waals surface area contributed by atoms with E-state index in [1.807, 2.05) is 18.2 Å². The highest BCUT2D eigenvalue weighted by atomic mass is 35.5. The summed E-state index contributed by atoms with van der Waals surface area (Å²) in [6.45, 7) is 2.27. The standard InChI is InChI=1S/C13H17ClN2S/c1-8-4-2-6-10(8)16-11-7-3-5-9(14)12(11)13(15)17/h3,5,7-8,10,16H,2,4,6H2,1H3,(H2,15,17). The Balaban J connectivity index is 2.26. The van der Waals surface area contributed by atoms with E-state index in [1.165, 1.54) is 19.3 Å². The van der Waals surface area contributed by atoms with Crippen molar-refractivity contribution in [1.29, 1.82) is 0 Å². The molecular weight excluding hydrogens is 252 g/mol. The molecule has 0 aliphatic heterocycles. The van der Waals surface area contributed by atoms with Crippen LogP contribution in [0, 0.1) is 5.92 Å². The average molecular weight is 269 g/mol. The lowest BCUT2D eigenvalue weighted by Crippen LogP contribution is -2.24. The molecule has 0 radical (unpaired) electrons. The first-order valence-corrected chi connectivity index (χ1v) is 6.73. The smallest absolute Gasteiger partial charge is 0.107 e. The maximum absolute atomic E-state index is 6.14. The Kier molecular flexibility index (Phi) is 3.89. The number of nitrogens with two attached hydrogens (primary N) is 1. The van der Waals surface area contributed by atoms with Crippen molar-refractivity contribution in [3.8, 4) is 0 Å². The lowest BCUT2D eigenvalue weighted by atomic mass is 10.0. The quantitative estimate of drug-likeness (QED) is 0.823. The van der Waals surface area contributed by atoms with Crippen LogP contribution in [0.25, 0.3) is 0 Å². The molecule has 0 aromatic heterocycles. The lowest BCUT2D eigenvalue weighted by molar-refractivity contribution is 0.556. The molecule has 0 amide bonds. The summed E-state index contributed by atoms with van der Waals surface area (Å²) in [6.07, 6.45) is 3.76. The van der Waals surface area contributed by atoms with E-state index < -0.39 is 0 Å². The van der Waals surface area contributed by atoms with Crippen LogP contribution in [0.2, 0.25) is 5.02 Å². The van der Waals surface area contributed by atoms with Crippen LogP contribution in [-0.2, 0) is 0 Å². The van der Waals surface area contributed by atoms with Crippen LogP contribution in [0.15, 0.2) is 18.2 Å². The van der Waals surface area contributed by atoms with Crippen LogP contribution in [0.1, 0.15) is 31.7 Å². The van der Waals surface area contributed by atoms with E-state index in [-0.39, 0.29) is 0 Å². The predicted octanol–water partition coefficient (Wildman–Crippen LogP) is 3.57. The summed E-state index contributed by atoms with van der Waals surface area (Å²) in [5, 5.41) is 4.15. The third kappa shape index (κ3) is 2.72. The van der Waals surface area contributed by atoms with Crippen molar-refractivity contribution >= 4 is 34.5 Å². The van der Waals surface area contributed by atoms with Crippen molar-refractivity contribution < 1.29 is 0 Å². The van der Waals surface area contributed by atoms with Crippen molar-refractivity contribution in [2.75, 3.05) is 5.32 Å². The van der Waals surface area contributed by atoms with Crippen molar-refractivity contribution in [1.82, 2.24) is 0 Å². The molecule has 2 atom stereocenters. The number of nitrogens with one attached hydrogen (secondary N) is 1. The molecular formula is C13H17ClN2S. The zero-order valence-corrected chi connectivity index (χ0v) is 11.4. The van der Waals surface area contributed by atoms with Gasteiger partial charge in [0, 0.05) is 11.7 Å². The number of rotatable bonds is 3. The second kappa shape index (κ2) is 5.23. The largest absolute Gasteiger partial charge is 0.389 e. The van der Waals surface area contributed by atoms with Crippen LogP contribution in [0.3, 0.4) is 0 Å². The minimum atomic E-state index is 0.351. The molecule has 1 aliphatic rings. The van der Waals surface area contributed by atoms with Gasteiger partial charge in [-0.15, -0.1) is 0 Å². The minimum absolute atomic E-state index is 0.351. The Hall–Kier alpha value is -0.800. The molecule has 0 heterocycles. The molecule has 92 valence electrons. The van der Waals surface area contributed by atoms with E-state index >= 15 is 0 Å². The molecule has 0 saturated heterocycles. The summed E-state index contributed by atoms with van der Waals surface area (Å²) in [6, 6.07) is 6.23. The second-order valence-corrected chi connectivity index (χ2v) is 5.53. The van der Waals surface area contributed by atoms with Crippen LogP contribution < -0.4 is 11.1 Å². The summed E-state index contributed by atoms with van der Waals surface area (Å²) < 4.78 is 0. The van der Waals surface area contributed by atoms with Gasteiger partial charge in [0.15, 0.2) is 0 Å². The predicted molar refractivity (Wildman–Crippen MR) is 77.8 cm³/mol. The molecule has 1 aromatic rings. The molecule has 2 unspecified atom stereocenters. The molecule has 0 bridgehead atoms. The van der Waals surface area contributed by atoms with E-state index in [4.69, 9.17) is 29.6 Å². The Morgan fingerprint density at radius 2 is 2.24 bits per heavy atom. The minimum Gasteiger partial charge on any atom is -0.389 e. The van der Waals surface area contributed by atoms with Gasteiger partial charge in [-0.1, -0.05) is 43.2 Å². The summed E-state index contributed by atoms with van der Waals surface area (Å²) in [5.41, 5.74) is 7.46. The topological polar surface area (TPSA) is 38.0 Å². The van der Waals surface area contributed by atoms with Crippen molar-refractivity contribution in [2.45, 2.75) is 32.2 Å². The van der Waals surface area contributed by atoms with Gasteiger partial charge in [-0.3, -0.25) is 0 Å². The van der Waals surface area contributed by atoms with E-state index in [1.54, 1.807) is 0 Å². The summed E-state index contributed by atoms with van der Waals surface area (Å²) in [7, 11) is 0. The first-order valence-electron chi connectivity index (χ1n) is 5.94. The van der Waals surface area contributed by atoms with Gasteiger partial charge in [-0.25, -0.2) is 0 Å². The number of benzene rings is 1. The highest BCUT2D eigenvalue weighted by Gasteiger charge is 2.24. The van der Waals surface area contributed by atoms with Gasteiger partial charge in [-0.2, -0.15) is 0 Å². The zero-order chi connectivity index (χ0) is 12.4. The van der Waals surface area contributed by atoms with Crippen LogP contribution >= 0.6 is 23.8 Å². The Morgan fingerprint density at radius 1 is 1.47 bits per heavy atom. The highest BCUT2D eigenvalue weighted by molar-refractivity contribution is 7.80. The first-order chi connectivity index (χ1) is 8.09. The average Bonchev–Trinajstić information content (AvgIpc) is 2.64. The molecule has 1 aromatic carbocycles. The first kappa shape index (κ1) is 12.7. The molecule has 17 heavy (non-hydrogen) atoms. The van der Waals surface area contributed by atoms with Gasteiger partial charge in [0.1, 0.15) is 4.99 Å². The number of hydrogen-bond donors (Lipinski definition) is 2. The fraction of sp³-hybridized carbons (Fsp3) is 0.462. The van der Waals surface area contributed by atoms with Gasteiger partial charge >= 0.3 is 0 Å². The Labute approximate surface area is 113 Å². The Bertz CT molecular complexity index is 433.